The zero-order valence-electron chi connectivity index (χ0n) is 8.46. The van der Waals surface area contributed by atoms with Crippen molar-refractivity contribution in [3.63, 3.8) is 0 Å². The largest absolute Gasteiger partial charge is 0.388 e. The third-order valence-corrected chi connectivity index (χ3v) is 2.54. The first kappa shape index (κ1) is 11.9. The smallest absolute Gasteiger partial charge is 0.111 e. The van der Waals surface area contributed by atoms with Gasteiger partial charge in [0, 0.05) is 7.11 Å². The summed E-state index contributed by atoms with van der Waals surface area (Å²) in [5.74, 6) is 0. The molecule has 14 heavy (non-hydrogen) atoms. The van der Waals surface area contributed by atoms with E-state index in [1.54, 1.807) is 0 Å². The molecule has 5 nitrogen and oxygen atoms in total. The lowest BCUT2D eigenvalue weighted by molar-refractivity contribution is -0.231. The zero-order valence-corrected chi connectivity index (χ0v) is 8.46. The molecule has 1 aliphatic rings. The molecule has 1 fully saturated rings. The van der Waals surface area contributed by atoms with Crippen molar-refractivity contribution in [1.29, 1.82) is 0 Å². The lowest BCUT2D eigenvalue weighted by atomic mass is 9.94. The summed E-state index contributed by atoms with van der Waals surface area (Å²) in [6.45, 7) is 2.06. The monoisotopic (exact) mass is 206 g/mol. The molecule has 0 aromatic carbocycles. The Morgan fingerprint density at radius 1 is 1.07 bits per heavy atom. The van der Waals surface area contributed by atoms with E-state index >= 15 is 0 Å². The second-order valence-corrected chi connectivity index (χ2v) is 3.55. The van der Waals surface area contributed by atoms with E-state index in [0.29, 0.717) is 6.42 Å². The van der Waals surface area contributed by atoms with Gasteiger partial charge in [-0.3, -0.25) is 0 Å². The quantitative estimate of drug-likeness (QED) is 0.546. The highest BCUT2D eigenvalue weighted by molar-refractivity contribution is 4.91. The summed E-state index contributed by atoms with van der Waals surface area (Å²) in [5.41, 5.74) is 0. The molecule has 0 bridgehead atoms. The Bertz CT molecular complexity index is 171. The van der Waals surface area contributed by atoms with Crippen LogP contribution < -0.4 is 0 Å². The van der Waals surface area contributed by atoms with Crippen LogP contribution in [0.3, 0.4) is 0 Å². The Hall–Kier alpha value is -0.200. The topological polar surface area (TPSA) is 79.2 Å². The maximum Gasteiger partial charge on any atom is 0.111 e. The molecule has 1 aliphatic heterocycles. The van der Waals surface area contributed by atoms with Crippen LogP contribution in [0, 0.1) is 0 Å². The van der Waals surface area contributed by atoms with Gasteiger partial charge in [-0.15, -0.1) is 0 Å². The Kier molecular flexibility index (Phi) is 4.28. The van der Waals surface area contributed by atoms with Crippen molar-refractivity contribution in [1.82, 2.24) is 0 Å². The van der Waals surface area contributed by atoms with Crippen LogP contribution in [0.2, 0.25) is 0 Å². The fourth-order valence-electron chi connectivity index (χ4n) is 1.67. The molecule has 0 aromatic heterocycles. The van der Waals surface area contributed by atoms with E-state index in [9.17, 15) is 15.3 Å². The molecule has 1 rings (SSSR count). The number of hydrogen-bond acceptors (Lipinski definition) is 5. The maximum atomic E-state index is 9.54. The predicted molar refractivity (Wildman–Crippen MR) is 48.8 cm³/mol. The van der Waals surface area contributed by atoms with Gasteiger partial charge in [-0.25, -0.2) is 0 Å². The summed E-state index contributed by atoms with van der Waals surface area (Å²) < 4.78 is 10.2. The van der Waals surface area contributed by atoms with Gasteiger partial charge in [-0.05, 0) is 6.42 Å². The van der Waals surface area contributed by atoms with Gasteiger partial charge in [0.05, 0.1) is 12.7 Å². The Balaban J connectivity index is 2.63. The SMILES string of the molecule is CCC1OC(COC)C(O)C(O)C1O. The molecule has 1 saturated heterocycles. The van der Waals surface area contributed by atoms with Gasteiger partial charge >= 0.3 is 0 Å². The van der Waals surface area contributed by atoms with E-state index in [0.717, 1.165) is 0 Å². The van der Waals surface area contributed by atoms with Crippen molar-refractivity contribution in [2.75, 3.05) is 13.7 Å². The summed E-state index contributed by atoms with van der Waals surface area (Å²) in [5, 5.41) is 28.6. The van der Waals surface area contributed by atoms with Gasteiger partial charge in [0.1, 0.15) is 24.4 Å². The molecule has 5 heteroatoms. The van der Waals surface area contributed by atoms with E-state index in [-0.39, 0.29) is 6.61 Å². The summed E-state index contributed by atoms with van der Waals surface area (Å²) >= 11 is 0. The zero-order chi connectivity index (χ0) is 10.7. The summed E-state index contributed by atoms with van der Waals surface area (Å²) in [4.78, 5) is 0. The molecule has 0 spiro atoms. The first-order chi connectivity index (χ1) is 6.61. The van der Waals surface area contributed by atoms with Gasteiger partial charge in [-0.2, -0.15) is 0 Å². The average Bonchev–Trinajstić information content (AvgIpc) is 2.19. The molecule has 0 aromatic rings. The van der Waals surface area contributed by atoms with Crippen LogP contribution in [-0.4, -0.2) is 59.6 Å². The number of aliphatic hydroxyl groups excluding tert-OH is 3. The molecule has 3 N–H and O–H groups in total. The first-order valence-electron chi connectivity index (χ1n) is 4.80. The van der Waals surface area contributed by atoms with Crippen molar-refractivity contribution in [3.05, 3.63) is 0 Å². The van der Waals surface area contributed by atoms with Crippen LogP contribution in [-0.2, 0) is 9.47 Å². The third kappa shape index (κ3) is 2.24. The standard InChI is InChI=1S/C9H18O5/c1-3-5-7(10)9(12)8(11)6(14-5)4-13-2/h5-12H,3-4H2,1-2H3. The lowest BCUT2D eigenvalue weighted by Gasteiger charge is -2.40. The molecule has 1 heterocycles. The molecule has 5 unspecified atom stereocenters. The second-order valence-electron chi connectivity index (χ2n) is 3.55. The minimum Gasteiger partial charge on any atom is -0.388 e. The summed E-state index contributed by atoms with van der Waals surface area (Å²) in [6, 6.07) is 0. The van der Waals surface area contributed by atoms with Crippen molar-refractivity contribution in [3.8, 4) is 0 Å². The number of ether oxygens (including phenoxy) is 2. The first-order valence-corrected chi connectivity index (χ1v) is 4.80. The summed E-state index contributed by atoms with van der Waals surface area (Å²) in [6.07, 6.45) is -3.69. The fraction of sp³-hybridized carbons (Fsp3) is 1.00. The highest BCUT2D eigenvalue weighted by Gasteiger charge is 2.42. The molecule has 5 atom stereocenters. The van der Waals surface area contributed by atoms with Crippen LogP contribution in [0.4, 0.5) is 0 Å². The molecule has 0 aliphatic carbocycles. The fourth-order valence-corrected chi connectivity index (χ4v) is 1.67. The van der Waals surface area contributed by atoms with E-state index in [1.165, 1.54) is 7.11 Å². The van der Waals surface area contributed by atoms with Crippen LogP contribution in [0.1, 0.15) is 13.3 Å². The number of aliphatic hydroxyl groups is 3. The van der Waals surface area contributed by atoms with E-state index in [1.807, 2.05) is 6.92 Å². The van der Waals surface area contributed by atoms with Crippen LogP contribution in [0.15, 0.2) is 0 Å². The van der Waals surface area contributed by atoms with Crippen LogP contribution >= 0.6 is 0 Å². The highest BCUT2D eigenvalue weighted by atomic mass is 16.6. The Labute approximate surface area is 83.3 Å². The van der Waals surface area contributed by atoms with E-state index in [2.05, 4.69) is 0 Å². The van der Waals surface area contributed by atoms with Crippen LogP contribution in [0.5, 0.6) is 0 Å². The van der Waals surface area contributed by atoms with Gasteiger partial charge in [-0.1, -0.05) is 6.92 Å². The minimum atomic E-state index is -1.16. The normalized spacial score (nSPS) is 43.9. The van der Waals surface area contributed by atoms with Crippen molar-refractivity contribution >= 4 is 0 Å². The Morgan fingerprint density at radius 3 is 2.14 bits per heavy atom. The highest BCUT2D eigenvalue weighted by Crippen LogP contribution is 2.23. The van der Waals surface area contributed by atoms with E-state index in [4.69, 9.17) is 9.47 Å². The summed E-state index contributed by atoms with van der Waals surface area (Å²) in [7, 11) is 1.49. The predicted octanol–water partition coefficient (Wildman–Crippen LogP) is -1.11. The van der Waals surface area contributed by atoms with Gasteiger partial charge in [0.25, 0.3) is 0 Å². The molecule has 0 amide bonds. The second kappa shape index (κ2) is 5.04. The van der Waals surface area contributed by atoms with Crippen LogP contribution in [0.25, 0.3) is 0 Å². The van der Waals surface area contributed by atoms with E-state index < -0.39 is 30.5 Å². The number of methoxy groups -OCH3 is 1. The Morgan fingerprint density at radius 2 is 1.64 bits per heavy atom. The number of rotatable bonds is 3. The third-order valence-electron chi connectivity index (χ3n) is 2.54. The molecular formula is C9H18O5. The van der Waals surface area contributed by atoms with Crippen molar-refractivity contribution in [2.24, 2.45) is 0 Å². The molecule has 0 saturated carbocycles. The lowest BCUT2D eigenvalue weighted by Crippen LogP contribution is -2.58. The maximum absolute atomic E-state index is 9.54. The van der Waals surface area contributed by atoms with Gasteiger partial charge < -0.3 is 24.8 Å². The van der Waals surface area contributed by atoms with Crippen molar-refractivity contribution in [2.45, 2.75) is 43.9 Å². The molecular weight excluding hydrogens is 188 g/mol. The number of hydrogen-bond donors (Lipinski definition) is 3. The van der Waals surface area contributed by atoms with Gasteiger partial charge in [0.15, 0.2) is 0 Å². The molecule has 84 valence electrons. The minimum absolute atomic E-state index is 0.210. The molecule has 0 radical (unpaired) electrons. The average molecular weight is 206 g/mol. The van der Waals surface area contributed by atoms with Gasteiger partial charge in [0.2, 0.25) is 0 Å². The van der Waals surface area contributed by atoms with Crippen molar-refractivity contribution < 1.29 is 24.8 Å².